The minimum atomic E-state index is -3.87. The number of carbonyl (C=O) groups excluding carboxylic acids is 1. The van der Waals surface area contributed by atoms with Gasteiger partial charge >= 0.3 is 0 Å². The van der Waals surface area contributed by atoms with Gasteiger partial charge in [0, 0.05) is 28.9 Å². The maximum Gasteiger partial charge on any atom is 0.232 e. The monoisotopic (exact) mass is 503 g/mol. The van der Waals surface area contributed by atoms with Gasteiger partial charge in [-0.15, -0.1) is 0 Å². The molecule has 2 aromatic heterocycles. The Hall–Kier alpha value is -3.86. The topological polar surface area (TPSA) is 101 Å². The predicted octanol–water partition coefficient (Wildman–Crippen LogP) is 5.04. The lowest BCUT2D eigenvalue weighted by molar-refractivity contribution is 0.103. The van der Waals surface area contributed by atoms with Crippen LogP contribution in [0.1, 0.15) is 29.3 Å². The molecule has 0 radical (unpaired) electrons. The number of ketones is 1. The number of anilines is 1. The average molecular weight is 504 g/mol. The van der Waals surface area contributed by atoms with E-state index >= 15 is 4.39 Å². The van der Waals surface area contributed by atoms with E-state index in [1.807, 2.05) is 0 Å². The van der Waals surface area contributed by atoms with Crippen LogP contribution < -0.4 is 9.46 Å². The fourth-order valence-corrected chi connectivity index (χ4v) is 4.78. The van der Waals surface area contributed by atoms with E-state index in [1.54, 1.807) is 13.0 Å². The summed E-state index contributed by atoms with van der Waals surface area (Å²) in [6, 6.07) is 7.49. The highest BCUT2D eigenvalue weighted by atomic mass is 32.2. The maximum atomic E-state index is 15.1. The zero-order valence-corrected chi connectivity index (χ0v) is 19.5. The first-order chi connectivity index (χ1) is 16.6. The highest BCUT2D eigenvalue weighted by molar-refractivity contribution is 7.92. The number of aromatic amines is 1. The summed E-state index contributed by atoms with van der Waals surface area (Å²) in [5.74, 6) is -4.27. The van der Waals surface area contributed by atoms with Crippen molar-refractivity contribution in [3.63, 3.8) is 0 Å². The number of ether oxygens (including phenoxy) is 1. The Morgan fingerprint density at radius 1 is 1.09 bits per heavy atom. The standard InChI is InChI=1S/C24H20F3N3O4S/c1-3-8-35(32,33)30-19-7-6-18(26)21(22(19)27)23(31)16-12-29-24-15(16)9-14(11-28-24)13-4-5-17(25)20(10-13)34-2/h4-7,9-12,30H,3,8H2,1-2H3,(H,28,29). The van der Waals surface area contributed by atoms with Gasteiger partial charge in [0.1, 0.15) is 11.5 Å². The van der Waals surface area contributed by atoms with E-state index in [0.29, 0.717) is 11.1 Å². The number of rotatable bonds is 8. The first-order valence-electron chi connectivity index (χ1n) is 10.5. The van der Waals surface area contributed by atoms with Crippen LogP contribution >= 0.6 is 0 Å². The average Bonchev–Trinajstić information content (AvgIpc) is 3.24. The fraction of sp³-hybridized carbons (Fsp3) is 0.167. The molecule has 4 aromatic rings. The zero-order valence-electron chi connectivity index (χ0n) is 18.7. The summed E-state index contributed by atoms with van der Waals surface area (Å²) in [7, 11) is -2.55. The largest absolute Gasteiger partial charge is 0.494 e. The summed E-state index contributed by atoms with van der Waals surface area (Å²) in [5, 5.41) is 0.270. The number of fused-ring (bicyclic) bond motifs is 1. The minimum absolute atomic E-state index is 0.0134. The third-order valence-corrected chi connectivity index (χ3v) is 6.79. The van der Waals surface area contributed by atoms with Crippen molar-refractivity contribution in [2.45, 2.75) is 13.3 Å². The van der Waals surface area contributed by atoms with Crippen molar-refractivity contribution in [1.82, 2.24) is 9.97 Å². The number of nitrogens with zero attached hydrogens (tertiary/aromatic N) is 1. The van der Waals surface area contributed by atoms with Gasteiger partial charge in [-0.2, -0.15) is 0 Å². The normalized spacial score (nSPS) is 11.6. The molecule has 2 N–H and O–H groups in total. The molecular weight excluding hydrogens is 483 g/mol. The number of nitrogens with one attached hydrogen (secondary N) is 2. The second kappa shape index (κ2) is 9.41. The van der Waals surface area contributed by atoms with Gasteiger partial charge in [-0.05, 0) is 42.3 Å². The minimum Gasteiger partial charge on any atom is -0.494 e. The number of aromatic nitrogens is 2. The molecule has 11 heteroatoms. The molecule has 35 heavy (non-hydrogen) atoms. The van der Waals surface area contributed by atoms with E-state index in [-0.39, 0.29) is 34.5 Å². The first-order valence-corrected chi connectivity index (χ1v) is 12.1. The van der Waals surface area contributed by atoms with E-state index in [2.05, 4.69) is 14.7 Å². The molecule has 7 nitrogen and oxygen atoms in total. The lowest BCUT2D eigenvalue weighted by atomic mass is 9.99. The second-order valence-electron chi connectivity index (χ2n) is 7.71. The Bertz CT molecular complexity index is 1550. The molecule has 0 amide bonds. The van der Waals surface area contributed by atoms with Crippen molar-refractivity contribution in [2.75, 3.05) is 17.6 Å². The summed E-state index contributed by atoms with van der Waals surface area (Å²) >= 11 is 0. The van der Waals surface area contributed by atoms with Crippen molar-refractivity contribution < 1.29 is 31.1 Å². The number of pyridine rings is 1. The number of carbonyl (C=O) groups is 1. The Morgan fingerprint density at radius 3 is 2.54 bits per heavy atom. The molecule has 0 atom stereocenters. The summed E-state index contributed by atoms with van der Waals surface area (Å²) in [5.41, 5.74) is -0.174. The predicted molar refractivity (Wildman–Crippen MR) is 126 cm³/mol. The summed E-state index contributed by atoms with van der Waals surface area (Å²) in [6.07, 6.45) is 3.04. The summed E-state index contributed by atoms with van der Waals surface area (Å²) in [4.78, 5) is 20.3. The van der Waals surface area contributed by atoms with Gasteiger partial charge in [-0.25, -0.2) is 26.6 Å². The van der Waals surface area contributed by atoms with Crippen molar-refractivity contribution in [3.05, 3.63) is 77.4 Å². The molecule has 0 fully saturated rings. The van der Waals surface area contributed by atoms with Crippen LogP contribution in [0, 0.1) is 17.5 Å². The summed E-state index contributed by atoms with van der Waals surface area (Å²) < 4.78 is 74.7. The lowest BCUT2D eigenvalue weighted by Gasteiger charge is -2.11. The molecule has 182 valence electrons. The quantitative estimate of drug-likeness (QED) is 0.328. The van der Waals surface area contributed by atoms with Crippen molar-refractivity contribution >= 4 is 32.5 Å². The highest BCUT2D eigenvalue weighted by Crippen LogP contribution is 2.31. The van der Waals surface area contributed by atoms with Gasteiger partial charge < -0.3 is 9.72 Å². The van der Waals surface area contributed by atoms with E-state index in [4.69, 9.17) is 4.74 Å². The Kier molecular flexibility index (Phi) is 6.53. The smallest absolute Gasteiger partial charge is 0.232 e. The zero-order chi connectivity index (χ0) is 25.3. The van der Waals surface area contributed by atoms with Crippen molar-refractivity contribution in [2.24, 2.45) is 0 Å². The fourth-order valence-electron chi connectivity index (χ4n) is 3.65. The van der Waals surface area contributed by atoms with Gasteiger partial charge in [0.2, 0.25) is 15.8 Å². The van der Waals surface area contributed by atoms with Crippen molar-refractivity contribution in [1.29, 1.82) is 0 Å². The van der Waals surface area contributed by atoms with Crippen LogP contribution in [0.2, 0.25) is 0 Å². The number of methoxy groups -OCH3 is 1. The first kappa shape index (κ1) is 24.3. The molecular formula is C24H20F3N3O4S. The number of hydrogen-bond acceptors (Lipinski definition) is 5. The summed E-state index contributed by atoms with van der Waals surface area (Å²) in [6.45, 7) is 1.64. The third-order valence-electron chi connectivity index (χ3n) is 5.32. The van der Waals surface area contributed by atoms with E-state index in [1.165, 1.54) is 37.7 Å². The SMILES string of the molecule is CCCS(=O)(=O)Nc1ccc(F)c(C(=O)c2c[nH]c3ncc(-c4ccc(F)c(OC)c4)cc23)c1F. The van der Waals surface area contributed by atoms with Gasteiger partial charge in [0.25, 0.3) is 0 Å². The van der Waals surface area contributed by atoms with Crippen LogP contribution in [-0.2, 0) is 10.0 Å². The van der Waals surface area contributed by atoms with Crippen LogP contribution in [0.5, 0.6) is 5.75 Å². The molecule has 0 aliphatic heterocycles. The number of H-pyrrole nitrogens is 1. The van der Waals surface area contributed by atoms with Gasteiger partial charge in [-0.1, -0.05) is 13.0 Å². The number of halogens is 3. The number of sulfonamides is 1. The Morgan fingerprint density at radius 2 is 1.83 bits per heavy atom. The van der Waals surface area contributed by atoms with Gasteiger partial charge in [0.05, 0.1) is 24.1 Å². The molecule has 4 rings (SSSR count). The van der Waals surface area contributed by atoms with E-state index in [9.17, 15) is 22.0 Å². The van der Waals surface area contributed by atoms with Crippen LogP contribution in [0.15, 0.2) is 48.8 Å². The molecule has 0 saturated heterocycles. The number of hydrogen-bond donors (Lipinski definition) is 2. The van der Waals surface area contributed by atoms with E-state index < -0.39 is 44.5 Å². The molecule has 0 aliphatic rings. The second-order valence-corrected chi connectivity index (χ2v) is 9.55. The van der Waals surface area contributed by atoms with Crippen molar-refractivity contribution in [3.8, 4) is 16.9 Å². The number of benzene rings is 2. The Balaban J connectivity index is 1.78. The molecule has 0 saturated carbocycles. The van der Waals surface area contributed by atoms with Crippen LogP contribution in [0.3, 0.4) is 0 Å². The molecule has 0 aliphatic carbocycles. The molecule has 2 aromatic carbocycles. The van der Waals surface area contributed by atoms with Crippen LogP contribution in [0.4, 0.5) is 18.9 Å². The van der Waals surface area contributed by atoms with Crippen LogP contribution in [0.25, 0.3) is 22.2 Å². The third kappa shape index (κ3) is 4.72. The van der Waals surface area contributed by atoms with Gasteiger partial charge in [-0.3, -0.25) is 9.52 Å². The maximum absolute atomic E-state index is 15.1. The molecule has 0 bridgehead atoms. The molecule has 2 heterocycles. The van der Waals surface area contributed by atoms with Gasteiger partial charge in [0.15, 0.2) is 17.4 Å². The van der Waals surface area contributed by atoms with E-state index in [0.717, 1.165) is 12.1 Å². The molecule has 0 spiro atoms. The highest BCUT2D eigenvalue weighted by Gasteiger charge is 2.26. The molecule has 0 unspecified atom stereocenters. The Labute approximate surface area is 199 Å². The van der Waals surface area contributed by atoms with Crippen LogP contribution in [-0.4, -0.2) is 37.0 Å². The lowest BCUT2D eigenvalue weighted by Crippen LogP contribution is -2.18.